The molecule has 2 N–H and O–H groups in total. The third kappa shape index (κ3) is 4.71. The average molecular weight is 478 g/mol. The Bertz CT molecular complexity index is 853. The normalized spacial score (nSPS) is 11.6. The summed E-state index contributed by atoms with van der Waals surface area (Å²) >= 11 is 6.45. The second-order valence-corrected chi connectivity index (χ2v) is 8.02. The Hall–Kier alpha value is -1.58. The van der Waals surface area contributed by atoms with Gasteiger partial charge in [0.25, 0.3) is 10.0 Å². The van der Waals surface area contributed by atoms with Crippen LogP contribution in [-0.2, 0) is 10.0 Å². The van der Waals surface area contributed by atoms with Crippen LogP contribution < -0.4 is 9.57 Å². The van der Waals surface area contributed by atoms with Gasteiger partial charge in [-0.1, -0.05) is 15.9 Å². The largest absolute Gasteiger partial charge is 0.503 e. The van der Waals surface area contributed by atoms with Crippen molar-refractivity contribution in [3.63, 3.8) is 0 Å². The molecule has 0 bridgehead atoms. The lowest BCUT2D eigenvalue weighted by Gasteiger charge is -2.08. The van der Waals surface area contributed by atoms with Crippen LogP contribution in [0.25, 0.3) is 0 Å². The maximum absolute atomic E-state index is 12.1. The van der Waals surface area contributed by atoms with E-state index in [0.29, 0.717) is 16.6 Å². The van der Waals surface area contributed by atoms with E-state index in [0.717, 1.165) is 4.47 Å². The summed E-state index contributed by atoms with van der Waals surface area (Å²) in [6.45, 7) is 2.18. The van der Waals surface area contributed by atoms with Crippen molar-refractivity contribution in [1.82, 2.24) is 4.83 Å². The topological polar surface area (TPSA) is 88.0 Å². The first-order valence-corrected chi connectivity index (χ1v) is 9.86. The minimum absolute atomic E-state index is 0.0237. The van der Waals surface area contributed by atoms with E-state index in [4.69, 9.17) is 4.74 Å². The first-order chi connectivity index (χ1) is 11.3. The van der Waals surface area contributed by atoms with Crippen LogP contribution in [0.15, 0.2) is 55.3 Å². The monoisotopic (exact) mass is 476 g/mol. The summed E-state index contributed by atoms with van der Waals surface area (Å²) in [6.07, 6.45) is 1.32. The molecule has 0 spiro atoms. The van der Waals surface area contributed by atoms with E-state index in [1.807, 2.05) is 0 Å². The number of hydrogen-bond acceptors (Lipinski definition) is 5. The molecule has 0 amide bonds. The highest BCUT2D eigenvalue weighted by atomic mass is 79.9. The molecule has 0 aromatic heterocycles. The molecule has 0 aliphatic carbocycles. The Labute approximate surface area is 156 Å². The van der Waals surface area contributed by atoms with Crippen molar-refractivity contribution in [1.29, 1.82) is 0 Å². The molecule has 0 heterocycles. The van der Waals surface area contributed by atoms with E-state index in [2.05, 4.69) is 41.8 Å². The van der Waals surface area contributed by atoms with Gasteiger partial charge in [0.05, 0.1) is 22.2 Å². The van der Waals surface area contributed by atoms with Crippen LogP contribution in [0.5, 0.6) is 11.5 Å². The molecule has 2 aromatic carbocycles. The molecule has 0 aliphatic heterocycles. The molecule has 0 atom stereocenters. The molecule has 0 saturated heterocycles. The zero-order chi connectivity index (χ0) is 17.7. The summed E-state index contributed by atoms with van der Waals surface area (Å²) in [4.78, 5) is 2.24. The van der Waals surface area contributed by atoms with E-state index >= 15 is 0 Å². The predicted octanol–water partition coefficient (Wildman–Crippen LogP) is 3.63. The SMILES string of the molecule is CCOc1cc(/C=N/NS(=O)(=O)c2ccc(Br)cc2)cc(Br)c1O. The minimum atomic E-state index is -3.75. The van der Waals surface area contributed by atoms with Crippen molar-refractivity contribution < 1.29 is 18.3 Å². The predicted molar refractivity (Wildman–Crippen MR) is 99.0 cm³/mol. The van der Waals surface area contributed by atoms with Crippen LogP contribution >= 0.6 is 31.9 Å². The van der Waals surface area contributed by atoms with Gasteiger partial charge in [-0.3, -0.25) is 0 Å². The zero-order valence-electron chi connectivity index (χ0n) is 12.5. The first kappa shape index (κ1) is 18.8. The fraction of sp³-hybridized carbons (Fsp3) is 0.133. The molecular weight excluding hydrogens is 464 g/mol. The lowest BCUT2D eigenvalue weighted by Crippen LogP contribution is -2.18. The first-order valence-electron chi connectivity index (χ1n) is 6.79. The number of aromatic hydroxyl groups is 1. The smallest absolute Gasteiger partial charge is 0.276 e. The molecule has 0 saturated carbocycles. The van der Waals surface area contributed by atoms with Gasteiger partial charge >= 0.3 is 0 Å². The highest BCUT2D eigenvalue weighted by molar-refractivity contribution is 9.10. The van der Waals surface area contributed by atoms with Crippen LogP contribution in [0, 0.1) is 0 Å². The van der Waals surface area contributed by atoms with Crippen molar-refractivity contribution in [2.45, 2.75) is 11.8 Å². The Balaban J connectivity index is 2.18. The van der Waals surface area contributed by atoms with Crippen LogP contribution in [0.1, 0.15) is 12.5 Å². The third-order valence-corrected chi connectivity index (χ3v) is 5.23. The summed E-state index contributed by atoms with van der Waals surface area (Å²) < 4.78 is 30.7. The number of phenolic OH excluding ortho intramolecular Hbond substituents is 1. The highest BCUT2D eigenvalue weighted by Gasteiger charge is 2.12. The Kier molecular flexibility index (Phi) is 6.25. The molecule has 2 rings (SSSR count). The summed E-state index contributed by atoms with van der Waals surface area (Å²) in [5.41, 5.74) is 0.557. The number of hydrogen-bond donors (Lipinski definition) is 2. The van der Waals surface area contributed by atoms with Crippen molar-refractivity contribution in [3.8, 4) is 11.5 Å². The molecule has 0 unspecified atom stereocenters. The Morgan fingerprint density at radius 1 is 1.25 bits per heavy atom. The van der Waals surface area contributed by atoms with Gasteiger partial charge in [-0.2, -0.15) is 13.5 Å². The number of nitrogens with one attached hydrogen (secondary N) is 1. The molecule has 6 nitrogen and oxygen atoms in total. The lowest BCUT2D eigenvalue weighted by atomic mass is 10.2. The Morgan fingerprint density at radius 3 is 2.54 bits per heavy atom. The van der Waals surface area contributed by atoms with Gasteiger partial charge in [0.2, 0.25) is 0 Å². The molecule has 0 radical (unpaired) electrons. The van der Waals surface area contributed by atoms with Crippen molar-refractivity contribution >= 4 is 48.1 Å². The van der Waals surface area contributed by atoms with Gasteiger partial charge in [-0.05, 0) is 64.8 Å². The van der Waals surface area contributed by atoms with Crippen LogP contribution in [-0.4, -0.2) is 26.3 Å². The lowest BCUT2D eigenvalue weighted by molar-refractivity contribution is 0.317. The molecule has 24 heavy (non-hydrogen) atoms. The van der Waals surface area contributed by atoms with Gasteiger partial charge in [0.1, 0.15) is 0 Å². The average Bonchev–Trinajstić information content (AvgIpc) is 2.52. The van der Waals surface area contributed by atoms with Gasteiger partial charge in [-0.15, -0.1) is 0 Å². The summed E-state index contributed by atoms with van der Waals surface area (Å²) in [7, 11) is -3.75. The molecule has 128 valence electrons. The summed E-state index contributed by atoms with van der Waals surface area (Å²) in [6, 6.07) is 9.34. The summed E-state index contributed by atoms with van der Waals surface area (Å²) in [5.74, 6) is 0.258. The van der Waals surface area contributed by atoms with E-state index < -0.39 is 10.0 Å². The number of phenols is 1. The number of hydrazone groups is 1. The number of benzene rings is 2. The van der Waals surface area contributed by atoms with E-state index in [-0.39, 0.29) is 16.4 Å². The number of nitrogens with zero attached hydrogens (tertiary/aromatic N) is 1. The van der Waals surface area contributed by atoms with Gasteiger partial charge in [0.15, 0.2) is 11.5 Å². The highest BCUT2D eigenvalue weighted by Crippen LogP contribution is 2.35. The number of sulfonamides is 1. The zero-order valence-corrected chi connectivity index (χ0v) is 16.5. The summed E-state index contributed by atoms with van der Waals surface area (Å²) in [5, 5.41) is 13.6. The van der Waals surface area contributed by atoms with Crippen LogP contribution in [0.4, 0.5) is 0 Å². The Morgan fingerprint density at radius 2 is 1.92 bits per heavy atom. The van der Waals surface area contributed by atoms with Gasteiger partial charge in [0, 0.05) is 4.47 Å². The minimum Gasteiger partial charge on any atom is -0.503 e. The molecule has 9 heteroatoms. The van der Waals surface area contributed by atoms with E-state index in [1.165, 1.54) is 18.3 Å². The third-order valence-electron chi connectivity index (χ3n) is 2.86. The van der Waals surface area contributed by atoms with E-state index in [9.17, 15) is 13.5 Å². The van der Waals surface area contributed by atoms with E-state index in [1.54, 1.807) is 31.2 Å². The number of halogens is 2. The van der Waals surface area contributed by atoms with Crippen molar-refractivity contribution in [2.24, 2.45) is 5.10 Å². The maximum atomic E-state index is 12.1. The molecule has 0 aliphatic rings. The van der Waals surface area contributed by atoms with Crippen molar-refractivity contribution in [3.05, 3.63) is 50.9 Å². The number of rotatable bonds is 6. The van der Waals surface area contributed by atoms with Crippen LogP contribution in [0.3, 0.4) is 0 Å². The molecule has 0 fully saturated rings. The fourth-order valence-corrected chi connectivity index (χ4v) is 3.29. The second kappa shape index (κ2) is 8.00. The van der Waals surface area contributed by atoms with Crippen LogP contribution in [0.2, 0.25) is 0 Å². The van der Waals surface area contributed by atoms with Gasteiger partial charge in [-0.25, -0.2) is 4.83 Å². The fourth-order valence-electron chi connectivity index (χ4n) is 1.77. The molecular formula is C15H14Br2N2O4S. The standard InChI is InChI=1S/C15H14Br2N2O4S/c1-2-23-14-8-10(7-13(17)15(14)20)9-18-19-24(21,22)12-5-3-11(16)4-6-12/h3-9,19-20H,2H2,1H3/b18-9+. The maximum Gasteiger partial charge on any atom is 0.276 e. The molecule has 2 aromatic rings. The van der Waals surface area contributed by atoms with Crippen molar-refractivity contribution in [2.75, 3.05) is 6.61 Å². The quantitative estimate of drug-likeness (QED) is 0.491. The van der Waals surface area contributed by atoms with Gasteiger partial charge < -0.3 is 9.84 Å². The second-order valence-electron chi connectivity index (χ2n) is 4.59. The number of ether oxygens (including phenoxy) is 1.